The molecule has 0 unspecified atom stereocenters. The molecule has 0 amide bonds. The van der Waals surface area contributed by atoms with E-state index in [1.807, 2.05) is 19.1 Å². The zero-order valence-corrected chi connectivity index (χ0v) is 12.7. The highest BCUT2D eigenvalue weighted by atomic mass is 16.6. The molecule has 0 bridgehead atoms. The van der Waals surface area contributed by atoms with E-state index in [-0.39, 0.29) is 22.7 Å². The van der Waals surface area contributed by atoms with Gasteiger partial charge >= 0.3 is 0 Å². The van der Waals surface area contributed by atoms with E-state index < -0.39 is 0 Å². The summed E-state index contributed by atoms with van der Waals surface area (Å²) in [6.07, 6.45) is 11.2. The summed E-state index contributed by atoms with van der Waals surface area (Å²) >= 11 is 0. The SMILES string of the molecule is CC(/C=C/[C@@]12O[C@]1(C)C[C@@H](O)CC2(C)C)=C\C=C\C=O. The monoisotopic (exact) mass is 276 g/mol. The summed E-state index contributed by atoms with van der Waals surface area (Å²) in [6.45, 7) is 8.37. The van der Waals surface area contributed by atoms with Crippen LogP contribution in [0, 0.1) is 5.41 Å². The van der Waals surface area contributed by atoms with Crippen molar-refractivity contribution < 1.29 is 14.6 Å². The van der Waals surface area contributed by atoms with Crippen molar-refractivity contribution in [3.8, 4) is 0 Å². The van der Waals surface area contributed by atoms with Crippen LogP contribution in [0.2, 0.25) is 0 Å². The van der Waals surface area contributed by atoms with Gasteiger partial charge in [0.25, 0.3) is 0 Å². The number of allylic oxidation sites excluding steroid dienone is 5. The van der Waals surface area contributed by atoms with Crippen molar-refractivity contribution in [1.82, 2.24) is 0 Å². The highest BCUT2D eigenvalue weighted by Crippen LogP contribution is 2.66. The van der Waals surface area contributed by atoms with Gasteiger partial charge in [-0.2, -0.15) is 0 Å². The molecule has 0 aromatic rings. The van der Waals surface area contributed by atoms with Crippen molar-refractivity contribution >= 4 is 6.29 Å². The molecule has 0 radical (unpaired) electrons. The molecule has 1 aliphatic heterocycles. The lowest BCUT2D eigenvalue weighted by Crippen LogP contribution is -2.46. The largest absolute Gasteiger partial charge is 0.393 e. The maximum atomic E-state index is 10.2. The van der Waals surface area contributed by atoms with Gasteiger partial charge in [0, 0.05) is 11.8 Å². The Labute approximate surface area is 121 Å². The second-order valence-corrected chi connectivity index (χ2v) is 6.78. The van der Waals surface area contributed by atoms with Gasteiger partial charge in [0.2, 0.25) is 0 Å². The first-order valence-electron chi connectivity index (χ1n) is 7.13. The minimum Gasteiger partial charge on any atom is -0.393 e. The summed E-state index contributed by atoms with van der Waals surface area (Å²) in [5.74, 6) is 0. The molecule has 20 heavy (non-hydrogen) atoms. The summed E-state index contributed by atoms with van der Waals surface area (Å²) in [6, 6.07) is 0. The summed E-state index contributed by atoms with van der Waals surface area (Å²) in [7, 11) is 0. The first-order valence-corrected chi connectivity index (χ1v) is 7.13. The molecule has 0 aromatic heterocycles. The van der Waals surface area contributed by atoms with Gasteiger partial charge in [-0.15, -0.1) is 0 Å². The number of aldehydes is 1. The van der Waals surface area contributed by atoms with Crippen molar-refractivity contribution in [2.24, 2.45) is 5.41 Å². The minimum atomic E-state index is -0.289. The highest BCUT2D eigenvalue weighted by molar-refractivity contribution is 5.65. The standard InChI is InChI=1S/C17H24O3/c1-13(7-5-6-10-18)8-9-17-15(2,3)11-14(19)12-16(17,4)20-17/h5-10,14,19H,11-12H2,1-4H3/b6-5+,9-8+,13-7+/t14-,16+,17-/m0/s1. The number of fused-ring (bicyclic) bond motifs is 1. The van der Waals surface area contributed by atoms with Crippen molar-refractivity contribution in [3.63, 3.8) is 0 Å². The van der Waals surface area contributed by atoms with E-state index in [1.165, 1.54) is 6.08 Å². The second kappa shape index (κ2) is 4.97. The molecule has 3 heteroatoms. The normalized spacial score (nSPS) is 40.0. The first kappa shape index (κ1) is 15.2. The van der Waals surface area contributed by atoms with Gasteiger partial charge in [-0.1, -0.05) is 37.6 Å². The third kappa shape index (κ3) is 2.40. The fraction of sp³-hybridized carbons (Fsp3) is 0.588. The van der Waals surface area contributed by atoms with Crippen LogP contribution in [-0.2, 0) is 9.53 Å². The molecule has 0 aromatic carbocycles. The predicted molar refractivity (Wildman–Crippen MR) is 79.3 cm³/mol. The third-order valence-corrected chi connectivity index (χ3v) is 4.64. The Morgan fingerprint density at radius 3 is 2.55 bits per heavy atom. The highest BCUT2D eigenvalue weighted by Gasteiger charge is 2.74. The van der Waals surface area contributed by atoms with Crippen molar-refractivity contribution in [3.05, 3.63) is 36.0 Å². The second-order valence-electron chi connectivity index (χ2n) is 6.78. The summed E-state index contributed by atoms with van der Waals surface area (Å²) in [5.41, 5.74) is 0.429. The Bertz CT molecular complexity index is 486. The first-order chi connectivity index (χ1) is 9.26. The summed E-state index contributed by atoms with van der Waals surface area (Å²) in [4.78, 5) is 10.2. The van der Waals surface area contributed by atoms with Gasteiger partial charge in [-0.05, 0) is 32.4 Å². The van der Waals surface area contributed by atoms with Gasteiger partial charge in [-0.3, -0.25) is 4.79 Å². The average molecular weight is 276 g/mol. The quantitative estimate of drug-likeness (QED) is 0.372. The fourth-order valence-electron chi connectivity index (χ4n) is 3.63. The van der Waals surface area contributed by atoms with E-state index in [2.05, 4.69) is 26.8 Å². The van der Waals surface area contributed by atoms with Crippen LogP contribution in [0.3, 0.4) is 0 Å². The van der Waals surface area contributed by atoms with Gasteiger partial charge in [0.05, 0.1) is 6.10 Å². The van der Waals surface area contributed by atoms with Crippen LogP contribution < -0.4 is 0 Å². The third-order valence-electron chi connectivity index (χ3n) is 4.64. The number of aliphatic hydroxyl groups excluding tert-OH is 1. The minimum absolute atomic E-state index is 0.0885. The fourth-order valence-corrected chi connectivity index (χ4v) is 3.63. The maximum Gasteiger partial charge on any atom is 0.142 e. The molecule has 1 heterocycles. The lowest BCUT2D eigenvalue weighted by atomic mass is 9.63. The van der Waals surface area contributed by atoms with Crippen LogP contribution in [0.5, 0.6) is 0 Å². The number of rotatable bonds is 4. The van der Waals surface area contributed by atoms with Crippen LogP contribution in [0.15, 0.2) is 36.0 Å². The number of hydrogen-bond donors (Lipinski definition) is 1. The summed E-state index contributed by atoms with van der Waals surface area (Å²) in [5, 5.41) is 9.98. The van der Waals surface area contributed by atoms with E-state index in [9.17, 15) is 9.90 Å². The van der Waals surface area contributed by atoms with Gasteiger partial charge in [0.15, 0.2) is 0 Å². The molecule has 2 aliphatic rings. The van der Waals surface area contributed by atoms with E-state index in [4.69, 9.17) is 4.74 Å². The zero-order valence-electron chi connectivity index (χ0n) is 12.7. The Hall–Kier alpha value is -1.19. The number of carbonyl (C=O) groups excluding carboxylic acids is 1. The Balaban J connectivity index is 2.18. The van der Waals surface area contributed by atoms with Crippen LogP contribution in [0.4, 0.5) is 0 Å². The van der Waals surface area contributed by atoms with E-state index in [0.29, 0.717) is 6.42 Å². The Morgan fingerprint density at radius 2 is 1.95 bits per heavy atom. The molecule has 110 valence electrons. The van der Waals surface area contributed by atoms with Gasteiger partial charge in [0.1, 0.15) is 17.5 Å². The number of hydrogen-bond acceptors (Lipinski definition) is 3. The lowest BCUT2D eigenvalue weighted by Gasteiger charge is -2.39. The molecule has 3 atom stereocenters. The van der Waals surface area contributed by atoms with Crippen LogP contribution in [0.1, 0.15) is 40.5 Å². The Morgan fingerprint density at radius 1 is 1.25 bits per heavy atom. The van der Waals surface area contributed by atoms with Crippen molar-refractivity contribution in [2.45, 2.75) is 57.8 Å². The maximum absolute atomic E-state index is 10.2. The molecule has 0 spiro atoms. The number of carbonyl (C=O) groups is 1. The molecule has 1 aliphatic carbocycles. The predicted octanol–water partition coefficient (Wildman–Crippen LogP) is 2.95. The van der Waals surface area contributed by atoms with Crippen molar-refractivity contribution in [2.75, 3.05) is 0 Å². The molecule has 1 saturated heterocycles. The molecular formula is C17H24O3. The lowest BCUT2D eigenvalue weighted by molar-refractivity contribution is -0.104. The molecule has 2 fully saturated rings. The number of ether oxygens (including phenoxy) is 1. The van der Waals surface area contributed by atoms with E-state index in [0.717, 1.165) is 18.3 Å². The molecule has 3 nitrogen and oxygen atoms in total. The van der Waals surface area contributed by atoms with Crippen molar-refractivity contribution in [1.29, 1.82) is 0 Å². The van der Waals surface area contributed by atoms with Crippen LogP contribution in [0.25, 0.3) is 0 Å². The zero-order chi connectivity index (χ0) is 15.0. The van der Waals surface area contributed by atoms with E-state index >= 15 is 0 Å². The Kier molecular flexibility index (Phi) is 3.78. The summed E-state index contributed by atoms with van der Waals surface area (Å²) < 4.78 is 6.07. The number of aliphatic hydroxyl groups is 1. The van der Waals surface area contributed by atoms with Crippen LogP contribution >= 0.6 is 0 Å². The van der Waals surface area contributed by atoms with Gasteiger partial charge in [-0.25, -0.2) is 0 Å². The average Bonchev–Trinajstić information content (AvgIpc) is 2.93. The van der Waals surface area contributed by atoms with Gasteiger partial charge < -0.3 is 9.84 Å². The number of epoxide rings is 1. The molecular weight excluding hydrogens is 252 g/mol. The van der Waals surface area contributed by atoms with Crippen LogP contribution in [-0.4, -0.2) is 28.7 Å². The molecule has 2 rings (SSSR count). The van der Waals surface area contributed by atoms with E-state index in [1.54, 1.807) is 6.08 Å². The topological polar surface area (TPSA) is 49.8 Å². The smallest absolute Gasteiger partial charge is 0.142 e. The molecule has 1 saturated carbocycles. The molecule has 1 N–H and O–H groups in total.